The van der Waals surface area contributed by atoms with Gasteiger partial charge in [0.2, 0.25) is 5.91 Å². The van der Waals surface area contributed by atoms with Gasteiger partial charge in [0.05, 0.1) is 0 Å². The summed E-state index contributed by atoms with van der Waals surface area (Å²) < 4.78 is 1.77. The van der Waals surface area contributed by atoms with Gasteiger partial charge in [-0.25, -0.2) is 9.36 Å². The van der Waals surface area contributed by atoms with Crippen LogP contribution in [0.15, 0.2) is 30.6 Å². The highest BCUT2D eigenvalue weighted by molar-refractivity contribution is 5.94. The highest BCUT2D eigenvalue weighted by atomic mass is 16.4. The molecule has 2 rings (SSSR count). The van der Waals surface area contributed by atoms with Crippen LogP contribution in [-0.2, 0) is 16.1 Å². The maximum Gasteiger partial charge on any atom is 0.326 e. The van der Waals surface area contributed by atoms with Gasteiger partial charge in [-0.1, -0.05) is 6.07 Å². The summed E-state index contributed by atoms with van der Waals surface area (Å²) in [6, 6.07) is 4.61. The third-order valence-electron chi connectivity index (χ3n) is 2.87. The molecule has 1 aromatic heterocycles. The Bertz CT molecular complexity index is 449. The van der Waals surface area contributed by atoms with Crippen molar-refractivity contribution in [1.29, 1.82) is 0 Å². The number of amides is 1. The van der Waals surface area contributed by atoms with Crippen LogP contribution in [0.25, 0.3) is 0 Å². The molecule has 0 aliphatic carbocycles. The van der Waals surface area contributed by atoms with Gasteiger partial charge in [0.15, 0.2) is 24.5 Å². The van der Waals surface area contributed by atoms with Gasteiger partial charge in [-0.3, -0.25) is 4.79 Å². The molecule has 0 spiro atoms. The minimum atomic E-state index is -1.16. The minimum absolute atomic E-state index is 0.100. The first kappa shape index (κ1) is 11.5. The average molecular weight is 236 g/mol. The number of hydrogen-bond donors (Lipinski definition) is 3. The van der Waals surface area contributed by atoms with Crippen molar-refractivity contribution in [1.82, 2.24) is 5.32 Å². The van der Waals surface area contributed by atoms with E-state index in [1.807, 2.05) is 18.2 Å². The molecular formula is C11H14N3O3+. The molecule has 0 radical (unpaired) electrons. The molecule has 17 heavy (non-hydrogen) atoms. The number of nitrogens with zero attached hydrogens (tertiary/aromatic N) is 1. The predicted molar refractivity (Wildman–Crippen MR) is 57.7 cm³/mol. The van der Waals surface area contributed by atoms with E-state index < -0.39 is 23.5 Å². The van der Waals surface area contributed by atoms with Crippen LogP contribution in [0.2, 0.25) is 0 Å². The van der Waals surface area contributed by atoms with Crippen LogP contribution < -0.4 is 15.6 Å². The van der Waals surface area contributed by atoms with Gasteiger partial charge in [-0.15, -0.1) is 0 Å². The van der Waals surface area contributed by atoms with Crippen LogP contribution in [-0.4, -0.2) is 28.6 Å². The summed E-state index contributed by atoms with van der Waals surface area (Å²) >= 11 is 0. The summed E-state index contributed by atoms with van der Waals surface area (Å²) in [6.45, 7) is 0.267. The lowest BCUT2D eigenvalue weighted by Crippen LogP contribution is -2.57. The molecule has 2 atom stereocenters. The van der Waals surface area contributed by atoms with Gasteiger partial charge >= 0.3 is 5.97 Å². The number of nitrogens with two attached hydrogens (primary N) is 1. The molecule has 90 valence electrons. The molecular weight excluding hydrogens is 222 g/mol. The molecule has 1 fully saturated rings. The third kappa shape index (κ3) is 2.26. The summed E-state index contributed by atoms with van der Waals surface area (Å²) in [5.41, 5.74) is 4.81. The second-order valence-electron chi connectivity index (χ2n) is 4.27. The van der Waals surface area contributed by atoms with Crippen molar-refractivity contribution in [2.24, 2.45) is 5.73 Å². The predicted octanol–water partition coefficient (Wildman–Crippen LogP) is -1.36. The van der Waals surface area contributed by atoms with Gasteiger partial charge in [0.1, 0.15) is 6.04 Å². The van der Waals surface area contributed by atoms with Crippen LogP contribution in [0.3, 0.4) is 0 Å². The van der Waals surface area contributed by atoms with E-state index in [2.05, 4.69) is 5.32 Å². The van der Waals surface area contributed by atoms with Crippen LogP contribution in [0.1, 0.15) is 6.42 Å². The van der Waals surface area contributed by atoms with Gasteiger partial charge in [-0.05, 0) is 0 Å². The Kier molecular flexibility index (Phi) is 2.81. The van der Waals surface area contributed by atoms with Gasteiger partial charge in [-0.2, -0.15) is 0 Å². The maximum atomic E-state index is 11.7. The maximum absolute atomic E-state index is 11.7. The van der Waals surface area contributed by atoms with E-state index in [1.165, 1.54) is 0 Å². The van der Waals surface area contributed by atoms with Crippen LogP contribution in [0.4, 0.5) is 0 Å². The Labute approximate surface area is 98.1 Å². The van der Waals surface area contributed by atoms with Crippen molar-refractivity contribution < 1.29 is 19.3 Å². The van der Waals surface area contributed by atoms with E-state index in [0.717, 1.165) is 0 Å². The van der Waals surface area contributed by atoms with Crippen LogP contribution in [0, 0.1) is 0 Å². The lowest BCUT2D eigenvalue weighted by Gasteiger charge is -2.16. The van der Waals surface area contributed by atoms with Crippen LogP contribution in [0.5, 0.6) is 0 Å². The average Bonchev–Trinajstić information content (AvgIpc) is 2.57. The SMILES string of the molecule is N[C@]1(C[n+]2ccccc2)CC(C(=O)O)NC1=O. The number of aromatic nitrogens is 1. The van der Waals surface area contributed by atoms with Gasteiger partial charge in [0, 0.05) is 18.6 Å². The molecule has 1 saturated heterocycles. The molecule has 6 heteroatoms. The van der Waals surface area contributed by atoms with E-state index in [-0.39, 0.29) is 13.0 Å². The zero-order valence-corrected chi connectivity index (χ0v) is 9.17. The molecule has 1 aliphatic rings. The first-order chi connectivity index (χ1) is 8.01. The first-order valence-corrected chi connectivity index (χ1v) is 5.28. The fraction of sp³-hybridized carbons (Fsp3) is 0.364. The van der Waals surface area contributed by atoms with Crippen molar-refractivity contribution in [3.63, 3.8) is 0 Å². The summed E-state index contributed by atoms with van der Waals surface area (Å²) in [7, 11) is 0. The van der Waals surface area contributed by atoms with Crippen molar-refractivity contribution in [3.05, 3.63) is 30.6 Å². The quantitative estimate of drug-likeness (QED) is 0.565. The van der Waals surface area contributed by atoms with Gasteiger partial charge < -0.3 is 16.2 Å². The second-order valence-corrected chi connectivity index (χ2v) is 4.27. The number of carboxylic acid groups (broad SMARTS) is 1. The number of carbonyl (C=O) groups excluding carboxylic acids is 1. The van der Waals surface area contributed by atoms with Crippen molar-refractivity contribution in [2.45, 2.75) is 24.5 Å². The van der Waals surface area contributed by atoms with Crippen molar-refractivity contribution in [2.75, 3.05) is 0 Å². The lowest BCUT2D eigenvalue weighted by atomic mass is 9.96. The zero-order chi connectivity index (χ0) is 12.5. The fourth-order valence-electron chi connectivity index (χ4n) is 1.96. The fourth-order valence-corrected chi connectivity index (χ4v) is 1.96. The smallest absolute Gasteiger partial charge is 0.326 e. The molecule has 0 aromatic carbocycles. The van der Waals surface area contributed by atoms with E-state index in [0.29, 0.717) is 0 Å². The Hall–Kier alpha value is -1.95. The minimum Gasteiger partial charge on any atom is -0.480 e. The summed E-state index contributed by atoms with van der Waals surface area (Å²) in [5.74, 6) is -1.47. The zero-order valence-electron chi connectivity index (χ0n) is 9.17. The number of rotatable bonds is 3. The van der Waals surface area contributed by atoms with Gasteiger partial charge in [0.25, 0.3) is 0 Å². The number of nitrogens with one attached hydrogen (secondary N) is 1. The third-order valence-corrected chi connectivity index (χ3v) is 2.87. The summed E-state index contributed by atoms with van der Waals surface area (Å²) in [4.78, 5) is 22.5. The van der Waals surface area contributed by atoms with E-state index in [9.17, 15) is 9.59 Å². The normalized spacial score (nSPS) is 27.8. The van der Waals surface area contributed by atoms with Crippen LogP contribution >= 0.6 is 0 Å². The Morgan fingerprint density at radius 2 is 2.18 bits per heavy atom. The molecule has 1 amide bonds. The molecule has 6 nitrogen and oxygen atoms in total. The largest absolute Gasteiger partial charge is 0.480 e. The van der Waals surface area contributed by atoms with E-state index in [4.69, 9.17) is 10.8 Å². The standard InChI is InChI=1S/C11H13N3O3/c12-11(7-14-4-2-1-3-5-14)6-8(9(15)16)13-10(11)17/h1-5,8H,6-7,12H2,(H-,13,15,16,17)/p+1/t8?,11-/m0/s1. The molecule has 0 bridgehead atoms. The lowest BCUT2D eigenvalue weighted by molar-refractivity contribution is -0.701. The number of hydrogen-bond acceptors (Lipinski definition) is 3. The van der Waals surface area contributed by atoms with E-state index in [1.54, 1.807) is 17.0 Å². The highest BCUT2D eigenvalue weighted by Gasteiger charge is 2.49. The molecule has 1 aromatic rings. The molecule has 1 unspecified atom stereocenters. The monoisotopic (exact) mass is 236 g/mol. The van der Waals surface area contributed by atoms with Crippen molar-refractivity contribution in [3.8, 4) is 0 Å². The molecule has 1 aliphatic heterocycles. The first-order valence-electron chi connectivity index (χ1n) is 5.28. The highest BCUT2D eigenvalue weighted by Crippen LogP contribution is 2.18. The Morgan fingerprint density at radius 1 is 1.53 bits per heavy atom. The Balaban J connectivity index is 2.15. The molecule has 2 heterocycles. The van der Waals surface area contributed by atoms with Crippen molar-refractivity contribution >= 4 is 11.9 Å². The van der Waals surface area contributed by atoms with E-state index >= 15 is 0 Å². The number of pyridine rings is 1. The number of carboxylic acids is 1. The Morgan fingerprint density at radius 3 is 2.71 bits per heavy atom. The summed E-state index contributed by atoms with van der Waals surface area (Å²) in [5, 5.41) is 11.2. The topological polar surface area (TPSA) is 96.3 Å². The number of carbonyl (C=O) groups is 2. The molecule has 0 saturated carbocycles. The number of aliphatic carboxylic acids is 1. The second kappa shape index (κ2) is 4.14. The molecule has 4 N–H and O–H groups in total. The summed E-state index contributed by atoms with van der Waals surface area (Å²) in [6.07, 6.45) is 3.68.